The van der Waals surface area contributed by atoms with Gasteiger partial charge in [-0.2, -0.15) is 0 Å². The second-order valence-corrected chi connectivity index (χ2v) is 9.79. The fraction of sp³-hybridized carbons (Fsp3) is 0.286. The van der Waals surface area contributed by atoms with Gasteiger partial charge in [0.15, 0.2) is 0 Å². The van der Waals surface area contributed by atoms with Crippen molar-refractivity contribution < 1.29 is 18.3 Å². The van der Waals surface area contributed by atoms with Crippen molar-refractivity contribution in [3.63, 3.8) is 0 Å². The van der Waals surface area contributed by atoms with E-state index in [4.69, 9.17) is 21.3 Å². The minimum Gasteiger partial charge on any atom is -0.493 e. The van der Waals surface area contributed by atoms with Crippen LogP contribution in [-0.2, 0) is 5.41 Å². The van der Waals surface area contributed by atoms with Crippen molar-refractivity contribution in [3.8, 4) is 5.75 Å². The largest absolute Gasteiger partial charge is 0.493 e. The third-order valence-electron chi connectivity index (χ3n) is 6.07. The van der Waals surface area contributed by atoms with Crippen LogP contribution in [0.1, 0.15) is 62.0 Å². The Morgan fingerprint density at radius 2 is 1.54 bits per heavy atom. The zero-order valence-corrected chi connectivity index (χ0v) is 20.8. The second kappa shape index (κ2) is 9.78. The lowest BCUT2D eigenvalue weighted by Crippen LogP contribution is -2.34. The molecule has 0 radical (unpaired) electrons. The van der Waals surface area contributed by atoms with Crippen molar-refractivity contribution >= 4 is 22.8 Å². The van der Waals surface area contributed by atoms with Crippen molar-refractivity contribution in [1.82, 2.24) is 4.90 Å². The van der Waals surface area contributed by atoms with E-state index in [2.05, 4.69) is 20.8 Å². The summed E-state index contributed by atoms with van der Waals surface area (Å²) in [5.41, 5.74) is 2.92. The standard InChI is InChI=1S/C28H27ClF2N2O2/c1-5-35-23-16-19(28(2,3)4)10-15-22(23)26-32-24(17-6-11-20(30)12-7-17)25(33(26)27(29)34)18-8-13-21(31)14-9-18/h6-16,24-25H,5H2,1-4H3/t24-,25+/m0/s1. The quantitative estimate of drug-likeness (QED) is 0.270. The molecule has 4 rings (SSSR count). The van der Waals surface area contributed by atoms with Gasteiger partial charge in [-0.3, -0.25) is 14.7 Å². The predicted molar refractivity (Wildman–Crippen MR) is 134 cm³/mol. The first-order valence-electron chi connectivity index (χ1n) is 11.4. The van der Waals surface area contributed by atoms with Gasteiger partial charge in [-0.1, -0.05) is 51.1 Å². The molecule has 0 bridgehead atoms. The molecule has 0 aliphatic carbocycles. The molecule has 3 aromatic carbocycles. The van der Waals surface area contributed by atoms with E-state index in [0.717, 1.165) is 5.56 Å². The lowest BCUT2D eigenvalue weighted by Gasteiger charge is -2.28. The Labute approximate surface area is 209 Å². The summed E-state index contributed by atoms with van der Waals surface area (Å²) in [5, 5.41) is -0.731. The number of rotatable bonds is 5. The summed E-state index contributed by atoms with van der Waals surface area (Å²) in [7, 11) is 0. The van der Waals surface area contributed by atoms with E-state index in [9.17, 15) is 13.6 Å². The van der Waals surface area contributed by atoms with Gasteiger partial charge < -0.3 is 4.74 Å². The molecule has 4 nitrogen and oxygen atoms in total. The van der Waals surface area contributed by atoms with Crippen LogP contribution in [0.25, 0.3) is 0 Å². The molecule has 0 N–H and O–H groups in total. The van der Waals surface area contributed by atoms with E-state index in [1.807, 2.05) is 25.1 Å². The molecule has 3 aromatic rings. The van der Waals surface area contributed by atoms with Crippen LogP contribution in [0.15, 0.2) is 71.7 Å². The average Bonchev–Trinajstić information content (AvgIpc) is 3.20. The first kappa shape index (κ1) is 24.9. The van der Waals surface area contributed by atoms with Crippen LogP contribution in [0.3, 0.4) is 0 Å². The maximum absolute atomic E-state index is 13.7. The molecule has 35 heavy (non-hydrogen) atoms. The molecule has 0 spiro atoms. The molecule has 1 aliphatic heterocycles. The van der Waals surface area contributed by atoms with Crippen LogP contribution in [0.2, 0.25) is 0 Å². The number of amidine groups is 1. The number of nitrogens with zero attached hydrogens (tertiary/aromatic N) is 2. The number of carbonyl (C=O) groups excluding carboxylic acids is 1. The molecule has 1 heterocycles. The van der Waals surface area contributed by atoms with Gasteiger partial charge in [0.05, 0.1) is 18.2 Å². The molecule has 1 amide bonds. The van der Waals surface area contributed by atoms with Gasteiger partial charge in [-0.15, -0.1) is 0 Å². The predicted octanol–water partition coefficient (Wildman–Crippen LogP) is 7.56. The smallest absolute Gasteiger partial charge is 0.322 e. The number of ether oxygens (including phenoxy) is 1. The third kappa shape index (κ3) is 5.08. The Hall–Kier alpha value is -3.25. The summed E-state index contributed by atoms with van der Waals surface area (Å²) in [5.74, 6) is 0.152. The third-order valence-corrected chi connectivity index (χ3v) is 6.25. The number of carbonyl (C=O) groups is 1. The normalized spacial score (nSPS) is 17.9. The van der Waals surface area contributed by atoms with E-state index in [0.29, 0.717) is 34.9 Å². The fourth-order valence-electron chi connectivity index (χ4n) is 4.29. The molecule has 0 saturated carbocycles. The summed E-state index contributed by atoms with van der Waals surface area (Å²) in [6, 6.07) is 16.4. The van der Waals surface area contributed by atoms with Gasteiger partial charge in [-0.05, 0) is 77.0 Å². The van der Waals surface area contributed by atoms with E-state index >= 15 is 0 Å². The average molecular weight is 497 g/mol. The Balaban J connectivity index is 1.91. The van der Waals surface area contributed by atoms with Gasteiger partial charge in [-0.25, -0.2) is 8.78 Å². The molecular weight excluding hydrogens is 470 g/mol. The molecule has 0 saturated heterocycles. The van der Waals surface area contributed by atoms with E-state index in [1.165, 1.54) is 29.2 Å². The molecule has 1 aliphatic rings. The van der Waals surface area contributed by atoms with Crippen molar-refractivity contribution in [2.45, 2.75) is 45.2 Å². The highest BCUT2D eigenvalue weighted by molar-refractivity contribution is 6.64. The SMILES string of the molecule is CCOc1cc(C(C)(C)C)ccc1C1=N[C@@H](c2ccc(F)cc2)[C@@H](c2ccc(F)cc2)N1C(=O)Cl. The fourth-order valence-corrected chi connectivity index (χ4v) is 4.47. The topological polar surface area (TPSA) is 41.9 Å². The van der Waals surface area contributed by atoms with Crippen molar-refractivity contribution in [3.05, 3.63) is 101 Å². The molecule has 0 unspecified atom stereocenters. The summed E-state index contributed by atoms with van der Waals surface area (Å²) in [4.78, 5) is 19.2. The lowest BCUT2D eigenvalue weighted by atomic mass is 9.86. The monoisotopic (exact) mass is 496 g/mol. The van der Waals surface area contributed by atoms with Crippen molar-refractivity contribution in [1.29, 1.82) is 0 Å². The second-order valence-electron chi connectivity index (χ2n) is 9.46. The summed E-state index contributed by atoms with van der Waals surface area (Å²) >= 11 is 6.15. The highest BCUT2D eigenvalue weighted by atomic mass is 35.5. The van der Waals surface area contributed by atoms with Crippen LogP contribution in [-0.4, -0.2) is 22.7 Å². The maximum Gasteiger partial charge on any atom is 0.322 e. The Bertz CT molecular complexity index is 1250. The van der Waals surface area contributed by atoms with Gasteiger partial charge >= 0.3 is 5.37 Å². The maximum atomic E-state index is 13.7. The number of halogens is 3. The van der Waals surface area contributed by atoms with Crippen LogP contribution in [0.5, 0.6) is 5.75 Å². The number of benzene rings is 3. The first-order chi connectivity index (χ1) is 16.6. The Kier molecular flexibility index (Phi) is 6.95. The van der Waals surface area contributed by atoms with E-state index < -0.39 is 23.3 Å². The molecular formula is C28H27ClF2N2O2. The minimum atomic E-state index is -0.731. The molecule has 0 aromatic heterocycles. The van der Waals surface area contributed by atoms with Crippen LogP contribution in [0.4, 0.5) is 13.6 Å². The van der Waals surface area contributed by atoms with Gasteiger partial charge in [0.1, 0.15) is 29.3 Å². The number of hydrogen-bond acceptors (Lipinski definition) is 3. The summed E-state index contributed by atoms with van der Waals surface area (Å²) in [6.45, 7) is 8.63. The summed E-state index contributed by atoms with van der Waals surface area (Å²) in [6.07, 6.45) is 0. The van der Waals surface area contributed by atoms with Crippen LogP contribution in [0, 0.1) is 11.6 Å². The Morgan fingerprint density at radius 1 is 0.971 bits per heavy atom. The lowest BCUT2D eigenvalue weighted by molar-refractivity contribution is 0.231. The molecule has 182 valence electrons. The zero-order chi connectivity index (χ0) is 25.3. The van der Waals surface area contributed by atoms with Crippen molar-refractivity contribution in [2.75, 3.05) is 6.61 Å². The molecule has 7 heteroatoms. The van der Waals surface area contributed by atoms with Gasteiger partial charge in [0.2, 0.25) is 0 Å². The Morgan fingerprint density at radius 3 is 2.06 bits per heavy atom. The van der Waals surface area contributed by atoms with Crippen LogP contribution < -0.4 is 4.74 Å². The highest BCUT2D eigenvalue weighted by Gasteiger charge is 2.42. The number of hydrogen-bond donors (Lipinski definition) is 0. The van der Waals surface area contributed by atoms with Gasteiger partial charge in [0.25, 0.3) is 0 Å². The van der Waals surface area contributed by atoms with Crippen molar-refractivity contribution in [2.24, 2.45) is 4.99 Å². The van der Waals surface area contributed by atoms with Crippen LogP contribution >= 0.6 is 11.6 Å². The summed E-state index contributed by atoms with van der Waals surface area (Å²) < 4.78 is 33.4. The highest BCUT2D eigenvalue weighted by Crippen LogP contribution is 2.45. The minimum absolute atomic E-state index is 0.114. The number of amides is 1. The molecule has 0 fully saturated rings. The number of aliphatic imine (C=N–C) groups is 1. The zero-order valence-electron chi connectivity index (χ0n) is 20.1. The van der Waals surface area contributed by atoms with Gasteiger partial charge in [0, 0.05) is 0 Å². The molecule has 2 atom stereocenters. The van der Waals surface area contributed by atoms with E-state index in [1.54, 1.807) is 24.3 Å². The van der Waals surface area contributed by atoms with E-state index in [-0.39, 0.29) is 11.2 Å². The first-order valence-corrected chi connectivity index (χ1v) is 11.8.